The molecule has 0 fully saturated rings. The van der Waals surface area contributed by atoms with Crippen LogP contribution < -0.4 is 5.32 Å². The summed E-state index contributed by atoms with van der Waals surface area (Å²) >= 11 is 13.6. The van der Waals surface area contributed by atoms with Crippen LogP contribution in [0.3, 0.4) is 0 Å². The molecule has 0 aliphatic heterocycles. The van der Waals surface area contributed by atoms with Crippen molar-refractivity contribution in [3.63, 3.8) is 0 Å². The fourth-order valence-electron chi connectivity index (χ4n) is 2.21. The number of halogens is 2. The van der Waals surface area contributed by atoms with Gasteiger partial charge >= 0.3 is 0 Å². The van der Waals surface area contributed by atoms with Crippen LogP contribution in [-0.2, 0) is 17.8 Å². The van der Waals surface area contributed by atoms with Crippen LogP contribution in [0.1, 0.15) is 10.6 Å². The maximum atomic E-state index is 12.1. The van der Waals surface area contributed by atoms with Crippen LogP contribution in [0.5, 0.6) is 0 Å². The molecule has 0 aliphatic rings. The van der Waals surface area contributed by atoms with E-state index in [4.69, 9.17) is 23.2 Å². The molecule has 0 unspecified atom stereocenters. The molecule has 0 atom stereocenters. The number of rotatable bonds is 5. The molecule has 3 aromatic rings. The third kappa shape index (κ3) is 4.35. The summed E-state index contributed by atoms with van der Waals surface area (Å²) in [5, 5.41) is 6.72. The van der Waals surface area contributed by atoms with Gasteiger partial charge < -0.3 is 5.32 Å². The van der Waals surface area contributed by atoms with Crippen LogP contribution in [0.4, 0.5) is 0 Å². The molecule has 0 saturated carbocycles. The minimum Gasteiger partial charge on any atom is -0.352 e. The maximum absolute atomic E-state index is 12.1. The van der Waals surface area contributed by atoms with Crippen LogP contribution >= 0.6 is 34.5 Å². The smallest absolute Gasteiger partial charge is 0.227 e. The minimum absolute atomic E-state index is 0.0584. The Morgan fingerprint density at radius 3 is 2.71 bits per heavy atom. The molecule has 24 heavy (non-hydrogen) atoms. The van der Waals surface area contributed by atoms with Crippen LogP contribution in [0.25, 0.3) is 11.3 Å². The standard InChI is InChI=1S/C18H14Cl2N2OS/c19-13-6-7-15(20)14(8-13)16-11-24-18(22-16)9-17(23)21-10-12-4-2-1-3-5-12/h1-8,11H,9-10H2,(H,21,23). The second-order valence-electron chi connectivity index (χ2n) is 5.19. The Kier molecular flexibility index (Phi) is 5.51. The third-order valence-corrected chi connectivity index (χ3v) is 4.81. The normalized spacial score (nSPS) is 10.6. The SMILES string of the molecule is O=C(Cc1nc(-c2cc(Cl)ccc2Cl)cs1)NCc1ccccc1. The van der Waals surface area contributed by atoms with Crippen molar-refractivity contribution < 1.29 is 4.79 Å². The zero-order valence-electron chi connectivity index (χ0n) is 12.6. The Hall–Kier alpha value is -1.88. The monoisotopic (exact) mass is 376 g/mol. The molecule has 0 saturated heterocycles. The van der Waals surface area contributed by atoms with E-state index in [2.05, 4.69) is 10.3 Å². The van der Waals surface area contributed by atoms with Gasteiger partial charge in [-0.25, -0.2) is 4.98 Å². The molecule has 1 aromatic heterocycles. The highest BCUT2D eigenvalue weighted by atomic mass is 35.5. The van der Waals surface area contributed by atoms with Crippen LogP contribution in [0, 0.1) is 0 Å². The number of aromatic nitrogens is 1. The molecular formula is C18H14Cl2N2OS. The average molecular weight is 377 g/mol. The predicted octanol–water partition coefficient (Wildman–Crippen LogP) is 4.98. The second-order valence-corrected chi connectivity index (χ2v) is 6.98. The highest BCUT2D eigenvalue weighted by molar-refractivity contribution is 7.10. The molecule has 6 heteroatoms. The molecule has 0 aliphatic carbocycles. The maximum Gasteiger partial charge on any atom is 0.227 e. The van der Waals surface area contributed by atoms with Crippen molar-refractivity contribution in [2.24, 2.45) is 0 Å². The Balaban J connectivity index is 1.63. The van der Waals surface area contributed by atoms with Crippen molar-refractivity contribution in [1.29, 1.82) is 0 Å². The van der Waals surface area contributed by atoms with Crippen molar-refractivity contribution in [2.75, 3.05) is 0 Å². The zero-order valence-corrected chi connectivity index (χ0v) is 15.0. The van der Waals surface area contributed by atoms with Gasteiger partial charge in [0, 0.05) is 22.5 Å². The number of benzene rings is 2. The molecule has 3 nitrogen and oxygen atoms in total. The van der Waals surface area contributed by atoms with E-state index >= 15 is 0 Å². The minimum atomic E-state index is -0.0584. The number of nitrogens with zero attached hydrogens (tertiary/aromatic N) is 1. The van der Waals surface area contributed by atoms with Crippen LogP contribution in [-0.4, -0.2) is 10.9 Å². The van der Waals surface area contributed by atoms with Crippen molar-refractivity contribution in [3.8, 4) is 11.3 Å². The van der Waals surface area contributed by atoms with Crippen molar-refractivity contribution in [1.82, 2.24) is 10.3 Å². The van der Waals surface area contributed by atoms with E-state index in [1.807, 2.05) is 35.7 Å². The molecule has 122 valence electrons. The summed E-state index contributed by atoms with van der Waals surface area (Å²) in [4.78, 5) is 16.6. The zero-order chi connectivity index (χ0) is 16.9. The van der Waals surface area contributed by atoms with Crippen molar-refractivity contribution in [2.45, 2.75) is 13.0 Å². The van der Waals surface area contributed by atoms with E-state index in [0.29, 0.717) is 16.6 Å². The van der Waals surface area contributed by atoms with E-state index in [9.17, 15) is 4.79 Å². The number of carbonyl (C=O) groups excluding carboxylic acids is 1. The quantitative estimate of drug-likeness (QED) is 0.682. The van der Waals surface area contributed by atoms with Gasteiger partial charge in [0.15, 0.2) is 0 Å². The third-order valence-electron chi connectivity index (χ3n) is 3.40. The number of nitrogens with one attached hydrogen (secondary N) is 1. The molecule has 0 bridgehead atoms. The number of thiazole rings is 1. The molecule has 3 rings (SSSR count). The largest absolute Gasteiger partial charge is 0.352 e. The van der Waals surface area contributed by atoms with E-state index < -0.39 is 0 Å². The molecular weight excluding hydrogens is 363 g/mol. The first-order chi connectivity index (χ1) is 11.6. The van der Waals surface area contributed by atoms with Crippen LogP contribution in [0.15, 0.2) is 53.9 Å². The molecule has 0 radical (unpaired) electrons. The summed E-state index contributed by atoms with van der Waals surface area (Å²) in [6.45, 7) is 0.512. The predicted molar refractivity (Wildman–Crippen MR) is 99.6 cm³/mol. The first kappa shape index (κ1) is 17.0. The second kappa shape index (κ2) is 7.79. The van der Waals surface area contributed by atoms with E-state index in [1.165, 1.54) is 11.3 Å². The molecule has 0 spiro atoms. The first-order valence-electron chi connectivity index (χ1n) is 7.32. The summed E-state index contributed by atoms with van der Waals surface area (Å²) < 4.78 is 0. The molecule has 1 heterocycles. The number of hydrogen-bond acceptors (Lipinski definition) is 3. The lowest BCUT2D eigenvalue weighted by molar-refractivity contribution is -0.120. The fourth-order valence-corrected chi connectivity index (χ4v) is 3.39. The first-order valence-corrected chi connectivity index (χ1v) is 8.96. The van der Waals surface area contributed by atoms with Gasteiger partial charge in [-0.3, -0.25) is 4.79 Å². The van der Waals surface area contributed by atoms with Gasteiger partial charge in [-0.2, -0.15) is 0 Å². The molecule has 2 aromatic carbocycles. The van der Waals surface area contributed by atoms with E-state index in [-0.39, 0.29) is 12.3 Å². The number of hydrogen-bond donors (Lipinski definition) is 1. The molecule has 1 amide bonds. The average Bonchev–Trinajstić information content (AvgIpc) is 3.04. The van der Waals surface area contributed by atoms with Gasteiger partial charge in [0.25, 0.3) is 0 Å². The number of amides is 1. The highest BCUT2D eigenvalue weighted by Gasteiger charge is 2.11. The lowest BCUT2D eigenvalue weighted by atomic mass is 10.2. The highest BCUT2D eigenvalue weighted by Crippen LogP contribution is 2.31. The van der Waals surface area contributed by atoms with E-state index in [1.54, 1.807) is 18.2 Å². The Morgan fingerprint density at radius 1 is 1.12 bits per heavy atom. The van der Waals surface area contributed by atoms with Gasteiger partial charge in [0.05, 0.1) is 17.1 Å². The summed E-state index contributed by atoms with van der Waals surface area (Å²) in [6.07, 6.45) is 0.246. The Morgan fingerprint density at radius 2 is 1.92 bits per heavy atom. The van der Waals surface area contributed by atoms with E-state index in [0.717, 1.165) is 21.8 Å². The lowest BCUT2D eigenvalue weighted by Gasteiger charge is -2.04. The van der Waals surface area contributed by atoms with Gasteiger partial charge in [-0.1, -0.05) is 53.5 Å². The summed E-state index contributed by atoms with van der Waals surface area (Å²) in [7, 11) is 0. The topological polar surface area (TPSA) is 42.0 Å². The lowest BCUT2D eigenvalue weighted by Crippen LogP contribution is -2.24. The fraction of sp³-hybridized carbons (Fsp3) is 0.111. The van der Waals surface area contributed by atoms with Gasteiger partial charge in [0.2, 0.25) is 5.91 Å². The summed E-state index contributed by atoms with van der Waals surface area (Å²) in [5.41, 5.74) is 2.58. The molecule has 1 N–H and O–H groups in total. The van der Waals surface area contributed by atoms with Crippen molar-refractivity contribution >= 4 is 40.4 Å². The summed E-state index contributed by atoms with van der Waals surface area (Å²) in [5.74, 6) is -0.0584. The Labute approximate surface area is 154 Å². The van der Waals surface area contributed by atoms with Gasteiger partial charge in [0.1, 0.15) is 5.01 Å². The van der Waals surface area contributed by atoms with Gasteiger partial charge in [-0.15, -0.1) is 11.3 Å². The van der Waals surface area contributed by atoms with Crippen molar-refractivity contribution in [3.05, 3.63) is 74.5 Å². The van der Waals surface area contributed by atoms with Gasteiger partial charge in [-0.05, 0) is 23.8 Å². The number of carbonyl (C=O) groups is 1. The summed E-state index contributed by atoms with van der Waals surface area (Å²) in [6, 6.07) is 15.0. The Bertz CT molecular complexity index is 849. The van der Waals surface area contributed by atoms with Crippen LogP contribution in [0.2, 0.25) is 10.0 Å².